The Morgan fingerprint density at radius 2 is 0.957 bits per heavy atom. The second-order valence-corrected chi connectivity index (χ2v) is 8.07. The molecule has 2 aliphatic rings. The molecule has 2 rings (SSSR count). The Morgan fingerprint density at radius 1 is 0.565 bits per heavy atom. The van der Waals surface area contributed by atoms with Crippen LogP contribution in [-0.2, 0) is 0 Å². The van der Waals surface area contributed by atoms with E-state index in [1.165, 1.54) is 110 Å². The van der Waals surface area contributed by atoms with E-state index < -0.39 is 0 Å². The third kappa shape index (κ3) is 6.74. The highest BCUT2D eigenvalue weighted by Gasteiger charge is 2.42. The van der Waals surface area contributed by atoms with Crippen LogP contribution >= 0.6 is 0 Å². The zero-order valence-corrected chi connectivity index (χ0v) is 16.1. The molecule has 0 aromatic carbocycles. The van der Waals surface area contributed by atoms with Gasteiger partial charge in [0, 0.05) is 25.2 Å². The summed E-state index contributed by atoms with van der Waals surface area (Å²) in [6.07, 6.45) is 18.7. The number of nitrogens with zero attached hydrogens (tertiary/aromatic N) is 2. The second kappa shape index (κ2) is 11.5. The topological polar surface area (TPSA) is 6.48 Å². The van der Waals surface area contributed by atoms with Crippen molar-refractivity contribution in [2.75, 3.05) is 26.2 Å². The van der Waals surface area contributed by atoms with Crippen LogP contribution in [0.4, 0.5) is 0 Å². The molecule has 23 heavy (non-hydrogen) atoms. The van der Waals surface area contributed by atoms with Crippen molar-refractivity contribution in [3.05, 3.63) is 0 Å². The van der Waals surface area contributed by atoms with E-state index in [-0.39, 0.29) is 0 Å². The Bertz CT molecular complexity index is 264. The van der Waals surface area contributed by atoms with E-state index in [0.29, 0.717) is 0 Å². The molecular formula is C21H42N2. The van der Waals surface area contributed by atoms with Crippen molar-refractivity contribution in [1.82, 2.24) is 9.80 Å². The normalized spacial score (nSPS) is 24.8. The molecule has 2 saturated heterocycles. The maximum Gasteiger partial charge on any atom is 0.0239 e. The van der Waals surface area contributed by atoms with Crippen LogP contribution in [0, 0.1) is 0 Å². The van der Waals surface area contributed by atoms with Crippen molar-refractivity contribution in [1.29, 1.82) is 0 Å². The quantitative estimate of drug-likeness (QED) is 0.391. The summed E-state index contributed by atoms with van der Waals surface area (Å²) in [4.78, 5) is 5.62. The molecule has 2 fully saturated rings. The van der Waals surface area contributed by atoms with E-state index in [2.05, 4.69) is 23.6 Å². The van der Waals surface area contributed by atoms with E-state index >= 15 is 0 Å². The highest BCUT2D eigenvalue weighted by molar-refractivity contribution is 4.99. The van der Waals surface area contributed by atoms with Crippen molar-refractivity contribution < 1.29 is 0 Å². The fourth-order valence-electron chi connectivity index (χ4n) is 4.57. The predicted molar refractivity (Wildman–Crippen MR) is 102 cm³/mol. The van der Waals surface area contributed by atoms with Gasteiger partial charge in [0.25, 0.3) is 0 Å². The van der Waals surface area contributed by atoms with Gasteiger partial charge in [0.1, 0.15) is 0 Å². The molecule has 0 radical (unpaired) electrons. The summed E-state index contributed by atoms with van der Waals surface area (Å²) in [7, 11) is 0. The number of hydrogen-bond donors (Lipinski definition) is 0. The molecule has 0 saturated carbocycles. The molecule has 2 heteroatoms. The van der Waals surface area contributed by atoms with Gasteiger partial charge in [-0.25, -0.2) is 0 Å². The fourth-order valence-corrected chi connectivity index (χ4v) is 4.57. The van der Waals surface area contributed by atoms with Crippen molar-refractivity contribution in [2.45, 2.75) is 109 Å². The lowest BCUT2D eigenvalue weighted by Gasteiger charge is -2.34. The van der Waals surface area contributed by atoms with Gasteiger partial charge < -0.3 is 0 Å². The predicted octanol–water partition coefficient (Wildman–Crippen LogP) is 5.47. The Morgan fingerprint density at radius 3 is 1.35 bits per heavy atom. The third-order valence-corrected chi connectivity index (χ3v) is 6.07. The largest absolute Gasteiger partial charge is 0.297 e. The van der Waals surface area contributed by atoms with Crippen molar-refractivity contribution >= 4 is 0 Å². The first kappa shape index (κ1) is 19.2. The van der Waals surface area contributed by atoms with E-state index in [4.69, 9.17) is 0 Å². The summed E-state index contributed by atoms with van der Waals surface area (Å²) in [6, 6.07) is 1.80. The maximum absolute atomic E-state index is 2.81. The number of piperazine rings is 1. The number of unbranched alkanes of at least 4 members (excludes halogenated alkanes) is 10. The van der Waals surface area contributed by atoms with Gasteiger partial charge in [-0.15, -0.1) is 0 Å². The standard InChI is InChI=1S/C21H42N2/c1-3-5-7-9-11-13-15-22-18-21-17-20(22)19-23(21)16-14-12-10-8-6-4-2/h20-21H,3-19H2,1-2H3/t20-,21-/m0/s1. The van der Waals surface area contributed by atoms with Gasteiger partial charge >= 0.3 is 0 Å². The summed E-state index contributed by atoms with van der Waals surface area (Å²) >= 11 is 0. The summed E-state index contributed by atoms with van der Waals surface area (Å²) in [6.45, 7) is 10.1. The van der Waals surface area contributed by atoms with Crippen LogP contribution in [0.15, 0.2) is 0 Å². The van der Waals surface area contributed by atoms with E-state index in [9.17, 15) is 0 Å². The van der Waals surface area contributed by atoms with E-state index in [1.807, 2.05) is 0 Å². The highest BCUT2D eigenvalue weighted by Crippen LogP contribution is 2.31. The molecule has 0 aromatic heterocycles. The van der Waals surface area contributed by atoms with Gasteiger partial charge in [-0.05, 0) is 32.4 Å². The van der Waals surface area contributed by atoms with Crippen LogP contribution in [0.2, 0.25) is 0 Å². The first-order chi connectivity index (χ1) is 11.3. The molecule has 2 bridgehead atoms. The molecule has 2 heterocycles. The molecule has 2 aliphatic heterocycles. The van der Waals surface area contributed by atoms with Gasteiger partial charge in [-0.3, -0.25) is 9.80 Å². The molecule has 0 spiro atoms. The molecule has 2 atom stereocenters. The van der Waals surface area contributed by atoms with Gasteiger partial charge in [0.15, 0.2) is 0 Å². The Balaban J connectivity index is 1.48. The van der Waals surface area contributed by atoms with Crippen molar-refractivity contribution in [2.24, 2.45) is 0 Å². The summed E-state index contributed by atoms with van der Waals surface area (Å²) in [5.74, 6) is 0. The minimum Gasteiger partial charge on any atom is -0.297 e. The summed E-state index contributed by atoms with van der Waals surface area (Å²) in [5.41, 5.74) is 0. The monoisotopic (exact) mass is 322 g/mol. The molecule has 0 amide bonds. The van der Waals surface area contributed by atoms with Crippen molar-refractivity contribution in [3.63, 3.8) is 0 Å². The Kier molecular flexibility index (Phi) is 9.60. The number of likely N-dealkylation sites (tertiary alicyclic amines) is 2. The fraction of sp³-hybridized carbons (Fsp3) is 1.00. The highest BCUT2D eigenvalue weighted by atomic mass is 15.3. The molecule has 136 valence electrons. The van der Waals surface area contributed by atoms with Gasteiger partial charge in [-0.1, -0.05) is 78.1 Å². The van der Waals surface area contributed by atoms with Crippen molar-refractivity contribution in [3.8, 4) is 0 Å². The number of rotatable bonds is 14. The van der Waals surface area contributed by atoms with E-state index in [1.54, 1.807) is 0 Å². The molecule has 0 aromatic rings. The summed E-state index contributed by atoms with van der Waals surface area (Å²) in [5, 5.41) is 0. The lowest BCUT2D eigenvalue weighted by Crippen LogP contribution is -2.46. The Labute approximate surface area is 146 Å². The maximum atomic E-state index is 2.81. The number of fused-ring (bicyclic) bond motifs is 2. The van der Waals surface area contributed by atoms with Crippen LogP contribution in [-0.4, -0.2) is 48.1 Å². The SMILES string of the molecule is CCCCCCCCN1C[C@@H]2C[C@H]1CN2CCCCCCCC. The van der Waals surface area contributed by atoms with Gasteiger partial charge in [-0.2, -0.15) is 0 Å². The Hall–Kier alpha value is -0.0800. The van der Waals surface area contributed by atoms with Crippen LogP contribution in [0.5, 0.6) is 0 Å². The van der Waals surface area contributed by atoms with Gasteiger partial charge in [0.05, 0.1) is 0 Å². The first-order valence-electron chi connectivity index (χ1n) is 10.8. The molecule has 0 N–H and O–H groups in total. The summed E-state index contributed by atoms with van der Waals surface area (Å²) < 4.78 is 0. The zero-order valence-electron chi connectivity index (χ0n) is 16.1. The minimum absolute atomic E-state index is 0.899. The van der Waals surface area contributed by atoms with Crippen LogP contribution in [0.1, 0.15) is 97.3 Å². The minimum atomic E-state index is 0.899. The lowest BCUT2D eigenvalue weighted by molar-refractivity contribution is 0.125. The van der Waals surface area contributed by atoms with E-state index in [0.717, 1.165) is 12.1 Å². The molecule has 0 aliphatic carbocycles. The third-order valence-electron chi connectivity index (χ3n) is 6.07. The molecule has 2 nitrogen and oxygen atoms in total. The average molecular weight is 323 g/mol. The van der Waals surface area contributed by atoms with Crippen LogP contribution < -0.4 is 0 Å². The first-order valence-corrected chi connectivity index (χ1v) is 10.8. The smallest absolute Gasteiger partial charge is 0.0239 e. The molecular weight excluding hydrogens is 280 g/mol. The van der Waals surface area contributed by atoms with Gasteiger partial charge in [0.2, 0.25) is 0 Å². The van der Waals surface area contributed by atoms with Crippen LogP contribution in [0.3, 0.4) is 0 Å². The lowest BCUT2D eigenvalue weighted by atomic mass is 10.1. The number of hydrogen-bond acceptors (Lipinski definition) is 2. The second-order valence-electron chi connectivity index (χ2n) is 8.07. The van der Waals surface area contributed by atoms with Crippen LogP contribution in [0.25, 0.3) is 0 Å². The zero-order chi connectivity index (χ0) is 16.3. The average Bonchev–Trinajstić information content (AvgIpc) is 3.14. The molecule has 0 unspecified atom stereocenters.